The quantitative estimate of drug-likeness (QED) is 0.800. The lowest BCUT2D eigenvalue weighted by Gasteiger charge is -2.09. The van der Waals surface area contributed by atoms with E-state index in [4.69, 9.17) is 4.74 Å². The molecular weight excluding hydrogens is 278 g/mol. The first-order chi connectivity index (χ1) is 10.6. The van der Waals surface area contributed by atoms with Gasteiger partial charge in [0.25, 0.3) is 5.91 Å². The van der Waals surface area contributed by atoms with E-state index in [9.17, 15) is 4.79 Å². The van der Waals surface area contributed by atoms with Crippen molar-refractivity contribution >= 4 is 5.91 Å². The topological polar surface area (TPSA) is 56.2 Å². The Balaban J connectivity index is 1.73. The molecule has 1 N–H and O–H groups in total. The molecule has 2 aromatic rings. The average molecular weight is 301 g/mol. The molecular formula is C17H23N3O2. The van der Waals surface area contributed by atoms with Gasteiger partial charge in [-0.2, -0.15) is 5.10 Å². The van der Waals surface area contributed by atoms with Crippen LogP contribution in [0.2, 0.25) is 0 Å². The number of aryl methyl sites for hydroxylation is 1. The molecule has 0 fully saturated rings. The maximum atomic E-state index is 11.9. The van der Waals surface area contributed by atoms with Crippen molar-refractivity contribution < 1.29 is 9.53 Å². The zero-order chi connectivity index (χ0) is 15.9. The minimum absolute atomic E-state index is 0.126. The molecule has 22 heavy (non-hydrogen) atoms. The molecule has 0 aliphatic rings. The van der Waals surface area contributed by atoms with Crippen molar-refractivity contribution in [3.8, 4) is 5.75 Å². The molecule has 5 heteroatoms. The van der Waals surface area contributed by atoms with Crippen molar-refractivity contribution in [2.75, 3.05) is 13.2 Å². The van der Waals surface area contributed by atoms with Crippen LogP contribution < -0.4 is 10.1 Å². The number of benzene rings is 1. The van der Waals surface area contributed by atoms with E-state index in [0.29, 0.717) is 24.6 Å². The standard InChI is InChI=1S/C17H23N3O2/c1-4-20-12-15(11-19-20)17(21)18-9-10-22-16-7-5-14(6-8-16)13(2)3/h5-8,11-13H,4,9-10H2,1-3H3,(H,18,21). The van der Waals surface area contributed by atoms with Crippen molar-refractivity contribution in [2.24, 2.45) is 0 Å². The van der Waals surface area contributed by atoms with Crippen LogP contribution in [-0.4, -0.2) is 28.8 Å². The zero-order valence-electron chi connectivity index (χ0n) is 13.4. The van der Waals surface area contributed by atoms with Crippen molar-refractivity contribution in [1.29, 1.82) is 0 Å². The molecule has 1 amide bonds. The summed E-state index contributed by atoms with van der Waals surface area (Å²) in [5.74, 6) is 1.20. The molecule has 0 aliphatic carbocycles. The number of hydrogen-bond donors (Lipinski definition) is 1. The summed E-state index contributed by atoms with van der Waals surface area (Å²) in [5, 5.41) is 6.90. The van der Waals surface area contributed by atoms with Gasteiger partial charge in [0.15, 0.2) is 0 Å². The summed E-state index contributed by atoms with van der Waals surface area (Å²) in [5.41, 5.74) is 1.86. The summed E-state index contributed by atoms with van der Waals surface area (Å²) in [4.78, 5) is 11.9. The van der Waals surface area contributed by atoms with E-state index < -0.39 is 0 Å². The third-order valence-electron chi connectivity index (χ3n) is 3.42. The lowest BCUT2D eigenvalue weighted by molar-refractivity contribution is 0.0947. The molecule has 1 aromatic heterocycles. The van der Waals surface area contributed by atoms with Gasteiger partial charge in [0.1, 0.15) is 12.4 Å². The molecule has 0 unspecified atom stereocenters. The van der Waals surface area contributed by atoms with Gasteiger partial charge < -0.3 is 10.1 Å². The predicted octanol–water partition coefficient (Wildman–Crippen LogP) is 2.84. The Labute approximate surface area is 131 Å². The monoisotopic (exact) mass is 301 g/mol. The summed E-state index contributed by atoms with van der Waals surface area (Å²) in [7, 11) is 0. The number of carbonyl (C=O) groups is 1. The van der Waals surface area contributed by atoms with Gasteiger partial charge in [0, 0.05) is 12.7 Å². The minimum atomic E-state index is -0.126. The number of aromatic nitrogens is 2. The summed E-state index contributed by atoms with van der Waals surface area (Å²) >= 11 is 0. The number of nitrogens with one attached hydrogen (secondary N) is 1. The summed E-state index contributed by atoms with van der Waals surface area (Å²) in [6.45, 7) is 7.95. The zero-order valence-corrected chi connectivity index (χ0v) is 13.4. The van der Waals surface area contributed by atoms with Crippen molar-refractivity contribution in [3.05, 3.63) is 47.8 Å². The normalized spacial score (nSPS) is 10.7. The second kappa shape index (κ2) is 7.64. The smallest absolute Gasteiger partial charge is 0.254 e. The van der Waals surface area contributed by atoms with Gasteiger partial charge in [-0.25, -0.2) is 0 Å². The van der Waals surface area contributed by atoms with Crippen LogP contribution >= 0.6 is 0 Å². The Morgan fingerprint density at radius 1 is 1.32 bits per heavy atom. The van der Waals surface area contributed by atoms with Gasteiger partial charge in [0.2, 0.25) is 0 Å². The summed E-state index contributed by atoms with van der Waals surface area (Å²) in [6.07, 6.45) is 3.31. The molecule has 0 aliphatic heterocycles. The molecule has 0 radical (unpaired) electrons. The van der Waals surface area contributed by atoms with Crippen molar-refractivity contribution in [3.63, 3.8) is 0 Å². The van der Waals surface area contributed by atoms with Gasteiger partial charge in [-0.1, -0.05) is 26.0 Å². The van der Waals surface area contributed by atoms with Gasteiger partial charge in [0.05, 0.1) is 18.3 Å². The second-order valence-corrected chi connectivity index (χ2v) is 5.41. The lowest BCUT2D eigenvalue weighted by Crippen LogP contribution is -2.27. The van der Waals surface area contributed by atoms with Crippen molar-refractivity contribution in [2.45, 2.75) is 33.2 Å². The van der Waals surface area contributed by atoms with Gasteiger partial charge in [-0.3, -0.25) is 9.48 Å². The minimum Gasteiger partial charge on any atom is -0.492 e. The number of rotatable bonds is 7. The van der Waals surface area contributed by atoms with Crippen LogP contribution in [0.25, 0.3) is 0 Å². The van der Waals surface area contributed by atoms with Gasteiger partial charge in [-0.15, -0.1) is 0 Å². The van der Waals surface area contributed by atoms with E-state index in [1.165, 1.54) is 5.56 Å². The van der Waals surface area contributed by atoms with E-state index in [1.807, 2.05) is 19.1 Å². The first-order valence-corrected chi connectivity index (χ1v) is 7.63. The highest BCUT2D eigenvalue weighted by Crippen LogP contribution is 2.18. The van der Waals surface area contributed by atoms with Crippen LogP contribution in [0, 0.1) is 0 Å². The number of ether oxygens (including phenoxy) is 1. The highest BCUT2D eigenvalue weighted by molar-refractivity contribution is 5.93. The first kappa shape index (κ1) is 16.1. The average Bonchev–Trinajstić information content (AvgIpc) is 3.01. The van der Waals surface area contributed by atoms with Crippen LogP contribution in [0.5, 0.6) is 5.75 Å². The van der Waals surface area contributed by atoms with E-state index in [-0.39, 0.29) is 5.91 Å². The number of nitrogens with zero attached hydrogens (tertiary/aromatic N) is 2. The van der Waals surface area contributed by atoms with E-state index in [0.717, 1.165) is 12.3 Å². The van der Waals surface area contributed by atoms with E-state index in [2.05, 4.69) is 36.4 Å². The Kier molecular flexibility index (Phi) is 5.58. The fourth-order valence-corrected chi connectivity index (χ4v) is 2.04. The maximum Gasteiger partial charge on any atom is 0.254 e. The van der Waals surface area contributed by atoms with Crippen LogP contribution in [0.15, 0.2) is 36.7 Å². The fraction of sp³-hybridized carbons (Fsp3) is 0.412. The number of carbonyl (C=O) groups excluding carboxylic acids is 1. The number of hydrogen-bond acceptors (Lipinski definition) is 3. The molecule has 0 spiro atoms. The molecule has 1 heterocycles. The first-order valence-electron chi connectivity index (χ1n) is 7.63. The number of amides is 1. The summed E-state index contributed by atoms with van der Waals surface area (Å²) < 4.78 is 7.34. The largest absolute Gasteiger partial charge is 0.492 e. The van der Waals surface area contributed by atoms with Crippen molar-refractivity contribution in [1.82, 2.24) is 15.1 Å². The Bertz CT molecular complexity index is 603. The van der Waals surface area contributed by atoms with Crippen LogP contribution in [0.4, 0.5) is 0 Å². The van der Waals surface area contributed by atoms with E-state index >= 15 is 0 Å². The molecule has 2 rings (SSSR count). The second-order valence-electron chi connectivity index (χ2n) is 5.41. The molecule has 0 saturated heterocycles. The highest BCUT2D eigenvalue weighted by Gasteiger charge is 2.07. The third kappa shape index (κ3) is 4.35. The maximum absolute atomic E-state index is 11.9. The Morgan fingerprint density at radius 2 is 2.05 bits per heavy atom. The van der Waals surface area contributed by atoms with Crippen LogP contribution in [0.1, 0.15) is 42.6 Å². The molecule has 118 valence electrons. The molecule has 0 atom stereocenters. The lowest BCUT2D eigenvalue weighted by atomic mass is 10.0. The molecule has 0 bridgehead atoms. The third-order valence-corrected chi connectivity index (χ3v) is 3.42. The molecule has 1 aromatic carbocycles. The van der Waals surface area contributed by atoms with Gasteiger partial charge >= 0.3 is 0 Å². The summed E-state index contributed by atoms with van der Waals surface area (Å²) in [6, 6.07) is 8.06. The highest BCUT2D eigenvalue weighted by atomic mass is 16.5. The van der Waals surface area contributed by atoms with Crippen LogP contribution in [-0.2, 0) is 6.54 Å². The van der Waals surface area contributed by atoms with Gasteiger partial charge in [-0.05, 0) is 30.5 Å². The van der Waals surface area contributed by atoms with Crippen LogP contribution in [0.3, 0.4) is 0 Å². The Hall–Kier alpha value is -2.30. The SMILES string of the molecule is CCn1cc(C(=O)NCCOc2ccc(C(C)C)cc2)cn1. The molecule has 5 nitrogen and oxygen atoms in total. The molecule has 0 saturated carbocycles. The Morgan fingerprint density at radius 3 is 2.64 bits per heavy atom. The predicted molar refractivity (Wildman–Crippen MR) is 86.3 cm³/mol. The van der Waals surface area contributed by atoms with E-state index in [1.54, 1.807) is 17.1 Å². The fourth-order valence-electron chi connectivity index (χ4n) is 2.04.